The average molecular weight is 330 g/mol. The summed E-state index contributed by atoms with van der Waals surface area (Å²) in [7, 11) is 0. The Morgan fingerprint density at radius 3 is 2.62 bits per heavy atom. The van der Waals surface area contributed by atoms with Gasteiger partial charge in [0.15, 0.2) is 5.65 Å². The van der Waals surface area contributed by atoms with Crippen molar-refractivity contribution in [3.05, 3.63) is 23.4 Å². The minimum absolute atomic E-state index is 0.0926. The van der Waals surface area contributed by atoms with E-state index in [0.29, 0.717) is 0 Å². The Morgan fingerprint density at radius 2 is 1.92 bits per heavy atom. The first-order valence-electron chi connectivity index (χ1n) is 8.68. The molecule has 0 aromatic carbocycles. The van der Waals surface area contributed by atoms with E-state index in [-0.39, 0.29) is 17.8 Å². The van der Waals surface area contributed by atoms with Crippen molar-refractivity contribution < 1.29 is 9.53 Å². The number of aryl methyl sites for hydroxylation is 2. The van der Waals surface area contributed by atoms with Crippen LogP contribution in [0.25, 0.3) is 5.65 Å². The maximum absolute atomic E-state index is 12.6. The fourth-order valence-electron chi connectivity index (χ4n) is 3.50. The molecule has 1 aliphatic rings. The number of esters is 1. The molecule has 0 radical (unpaired) electrons. The standard InChI is InChI=1S/C18H26N4O2/c1-11-19-12(2)22-16(20-11)10-15(21-22)13-8-6-7-9-14(13)17(23)24-18(3,4)5/h10,13-14H,6-9H2,1-5H3/t13-,14?/m1/s1. The number of hydrogen-bond donors (Lipinski definition) is 0. The van der Waals surface area contributed by atoms with Crippen molar-refractivity contribution in [2.24, 2.45) is 5.92 Å². The van der Waals surface area contributed by atoms with Crippen LogP contribution in [-0.2, 0) is 9.53 Å². The lowest BCUT2D eigenvalue weighted by Gasteiger charge is -2.31. The molecule has 130 valence electrons. The summed E-state index contributed by atoms with van der Waals surface area (Å²) < 4.78 is 7.41. The molecule has 0 spiro atoms. The monoisotopic (exact) mass is 330 g/mol. The van der Waals surface area contributed by atoms with E-state index in [0.717, 1.165) is 48.7 Å². The maximum Gasteiger partial charge on any atom is 0.310 e. The summed E-state index contributed by atoms with van der Waals surface area (Å²) in [5, 5.41) is 4.69. The molecular formula is C18H26N4O2. The van der Waals surface area contributed by atoms with Gasteiger partial charge >= 0.3 is 5.97 Å². The molecule has 0 aliphatic heterocycles. The normalized spacial score (nSPS) is 21.9. The second-order valence-electron chi connectivity index (χ2n) is 7.69. The molecule has 24 heavy (non-hydrogen) atoms. The minimum Gasteiger partial charge on any atom is -0.460 e. The third kappa shape index (κ3) is 3.42. The van der Waals surface area contributed by atoms with E-state index in [1.54, 1.807) is 4.52 Å². The number of rotatable bonds is 2. The van der Waals surface area contributed by atoms with E-state index < -0.39 is 5.60 Å². The fraction of sp³-hybridized carbons (Fsp3) is 0.667. The van der Waals surface area contributed by atoms with Crippen LogP contribution in [0.15, 0.2) is 6.07 Å². The average Bonchev–Trinajstić information content (AvgIpc) is 2.89. The van der Waals surface area contributed by atoms with Gasteiger partial charge in [-0.1, -0.05) is 12.8 Å². The zero-order valence-corrected chi connectivity index (χ0v) is 15.2. The SMILES string of the molecule is Cc1nc(C)n2nc([C@@H]3CCCCC3C(=O)OC(C)(C)C)cc2n1. The van der Waals surface area contributed by atoms with Gasteiger partial charge in [-0.05, 0) is 47.5 Å². The summed E-state index contributed by atoms with van der Waals surface area (Å²) >= 11 is 0. The van der Waals surface area contributed by atoms with E-state index >= 15 is 0 Å². The summed E-state index contributed by atoms with van der Waals surface area (Å²) in [4.78, 5) is 21.5. The minimum atomic E-state index is -0.461. The van der Waals surface area contributed by atoms with Gasteiger partial charge in [-0.2, -0.15) is 5.10 Å². The molecular weight excluding hydrogens is 304 g/mol. The summed E-state index contributed by atoms with van der Waals surface area (Å²) in [5.41, 5.74) is 1.26. The lowest BCUT2D eigenvalue weighted by molar-refractivity contribution is -0.162. The van der Waals surface area contributed by atoms with E-state index in [2.05, 4.69) is 9.97 Å². The van der Waals surface area contributed by atoms with Gasteiger partial charge in [-0.3, -0.25) is 4.79 Å². The van der Waals surface area contributed by atoms with Gasteiger partial charge in [0.1, 0.15) is 17.2 Å². The van der Waals surface area contributed by atoms with Crippen LogP contribution in [0.4, 0.5) is 0 Å². The highest BCUT2D eigenvalue weighted by Gasteiger charge is 2.36. The van der Waals surface area contributed by atoms with Crippen LogP contribution in [0, 0.1) is 19.8 Å². The van der Waals surface area contributed by atoms with E-state index in [9.17, 15) is 4.79 Å². The first kappa shape index (κ1) is 16.9. The summed E-state index contributed by atoms with van der Waals surface area (Å²) in [5.74, 6) is 1.41. The first-order valence-corrected chi connectivity index (χ1v) is 8.68. The van der Waals surface area contributed by atoms with Crippen molar-refractivity contribution in [3.63, 3.8) is 0 Å². The third-order valence-electron chi connectivity index (χ3n) is 4.47. The molecule has 2 heterocycles. The summed E-state index contributed by atoms with van der Waals surface area (Å²) in [6.45, 7) is 9.54. The largest absolute Gasteiger partial charge is 0.460 e. The number of ether oxygens (including phenoxy) is 1. The van der Waals surface area contributed by atoms with Gasteiger partial charge in [0, 0.05) is 12.0 Å². The lowest BCUT2D eigenvalue weighted by atomic mass is 9.77. The molecule has 0 bridgehead atoms. The molecule has 2 aromatic heterocycles. The molecule has 2 atom stereocenters. The van der Waals surface area contributed by atoms with Crippen LogP contribution in [0.3, 0.4) is 0 Å². The highest BCUT2D eigenvalue weighted by Crippen LogP contribution is 2.38. The Hall–Kier alpha value is -1.98. The Bertz CT molecular complexity index is 760. The first-order chi connectivity index (χ1) is 11.2. The zero-order valence-electron chi connectivity index (χ0n) is 15.2. The van der Waals surface area contributed by atoms with Crippen molar-refractivity contribution in [2.45, 2.75) is 71.8 Å². The Balaban J connectivity index is 1.93. The van der Waals surface area contributed by atoms with E-state index in [4.69, 9.17) is 9.84 Å². The Morgan fingerprint density at radius 1 is 1.21 bits per heavy atom. The summed E-state index contributed by atoms with van der Waals surface area (Å²) in [6.07, 6.45) is 3.99. The fourth-order valence-corrected chi connectivity index (χ4v) is 3.50. The topological polar surface area (TPSA) is 69.4 Å². The van der Waals surface area contributed by atoms with Gasteiger partial charge in [0.25, 0.3) is 0 Å². The molecule has 1 saturated carbocycles. The lowest BCUT2D eigenvalue weighted by Crippen LogP contribution is -2.33. The van der Waals surface area contributed by atoms with Crippen molar-refractivity contribution in [1.82, 2.24) is 19.6 Å². The molecule has 0 amide bonds. The smallest absolute Gasteiger partial charge is 0.310 e. The zero-order chi connectivity index (χ0) is 17.5. The van der Waals surface area contributed by atoms with Crippen LogP contribution in [0.1, 0.15) is 69.7 Å². The van der Waals surface area contributed by atoms with Crippen LogP contribution in [0.5, 0.6) is 0 Å². The van der Waals surface area contributed by atoms with Crippen LogP contribution >= 0.6 is 0 Å². The van der Waals surface area contributed by atoms with Crippen LogP contribution < -0.4 is 0 Å². The molecule has 2 aromatic rings. The molecule has 6 heteroatoms. The molecule has 6 nitrogen and oxygen atoms in total. The molecule has 0 N–H and O–H groups in total. The molecule has 3 rings (SSSR count). The highest BCUT2D eigenvalue weighted by atomic mass is 16.6. The number of carbonyl (C=O) groups is 1. The Labute approximate surface area is 142 Å². The van der Waals surface area contributed by atoms with Gasteiger partial charge in [-0.25, -0.2) is 14.5 Å². The maximum atomic E-state index is 12.6. The second kappa shape index (κ2) is 6.15. The number of carbonyl (C=O) groups excluding carboxylic acids is 1. The van der Waals surface area contributed by atoms with Gasteiger partial charge in [0.2, 0.25) is 0 Å². The van der Waals surface area contributed by atoms with E-state index in [1.165, 1.54) is 0 Å². The van der Waals surface area contributed by atoms with Crippen molar-refractivity contribution in [2.75, 3.05) is 0 Å². The Kier molecular flexibility index (Phi) is 4.32. The van der Waals surface area contributed by atoms with Crippen molar-refractivity contribution in [3.8, 4) is 0 Å². The molecule has 0 saturated heterocycles. The van der Waals surface area contributed by atoms with E-state index in [1.807, 2.05) is 40.7 Å². The van der Waals surface area contributed by atoms with Gasteiger partial charge < -0.3 is 4.74 Å². The quantitative estimate of drug-likeness (QED) is 0.790. The summed E-state index contributed by atoms with van der Waals surface area (Å²) in [6, 6.07) is 2.00. The number of aromatic nitrogens is 4. The predicted molar refractivity (Wildman–Crippen MR) is 90.8 cm³/mol. The highest BCUT2D eigenvalue weighted by molar-refractivity contribution is 5.74. The van der Waals surface area contributed by atoms with Gasteiger partial charge in [0.05, 0.1) is 11.6 Å². The number of fused-ring (bicyclic) bond motifs is 1. The van der Waals surface area contributed by atoms with Crippen LogP contribution in [0.2, 0.25) is 0 Å². The van der Waals surface area contributed by atoms with Crippen LogP contribution in [-0.4, -0.2) is 31.2 Å². The molecule has 1 fully saturated rings. The second-order valence-corrected chi connectivity index (χ2v) is 7.69. The number of nitrogens with zero attached hydrogens (tertiary/aromatic N) is 4. The van der Waals surface area contributed by atoms with Gasteiger partial charge in [-0.15, -0.1) is 0 Å². The van der Waals surface area contributed by atoms with Crippen molar-refractivity contribution in [1.29, 1.82) is 0 Å². The number of hydrogen-bond acceptors (Lipinski definition) is 5. The molecule has 1 unspecified atom stereocenters. The third-order valence-corrected chi connectivity index (χ3v) is 4.47. The van der Waals surface area contributed by atoms with Crippen molar-refractivity contribution >= 4 is 11.6 Å². The molecule has 1 aliphatic carbocycles. The predicted octanol–water partition coefficient (Wildman–Crippen LogP) is 3.36.